The Hall–Kier alpha value is -3.69. The normalized spacial score (nSPS) is 17.5. The number of nitrogens with two attached hydrogens (primary N) is 1. The van der Waals surface area contributed by atoms with Gasteiger partial charge in [-0.15, -0.1) is 0 Å². The third-order valence-electron chi connectivity index (χ3n) is 9.16. The van der Waals surface area contributed by atoms with Gasteiger partial charge in [-0.3, -0.25) is 19.4 Å². The predicted molar refractivity (Wildman–Crippen MR) is 160 cm³/mol. The number of hydrogen-bond donors (Lipinski definition) is 4. The van der Waals surface area contributed by atoms with Crippen molar-refractivity contribution in [2.24, 2.45) is 17.8 Å². The molecule has 220 valence electrons. The van der Waals surface area contributed by atoms with Gasteiger partial charge in [0.25, 0.3) is 5.91 Å². The number of aryl methyl sites for hydroxylation is 3. The summed E-state index contributed by atoms with van der Waals surface area (Å²) in [6, 6.07) is 4.67. The van der Waals surface area contributed by atoms with Crippen molar-refractivity contribution in [3.8, 4) is 11.1 Å². The van der Waals surface area contributed by atoms with Gasteiger partial charge in [0, 0.05) is 29.6 Å². The molecule has 1 atom stereocenters. The Morgan fingerprint density at radius 2 is 1.68 bits per heavy atom. The average Bonchev–Trinajstić information content (AvgIpc) is 3.60. The molecule has 0 spiro atoms. The molecule has 5 N–H and O–H groups in total. The number of amides is 2. The molecule has 2 aliphatic rings. The molecule has 10 nitrogen and oxygen atoms in total. The number of nitrogens with zero attached hydrogens (tertiary/aromatic N) is 4. The van der Waals surface area contributed by atoms with E-state index >= 15 is 0 Å². The van der Waals surface area contributed by atoms with Gasteiger partial charge in [-0.05, 0) is 56.7 Å². The molecule has 0 aliphatic heterocycles. The first-order chi connectivity index (χ1) is 19.9. The van der Waals surface area contributed by atoms with Crippen LogP contribution in [0.25, 0.3) is 11.1 Å². The maximum Gasteiger partial charge on any atom is 0.270 e. The maximum atomic E-state index is 14.2. The molecule has 0 saturated heterocycles. The summed E-state index contributed by atoms with van der Waals surface area (Å²) in [7, 11) is 0. The minimum atomic E-state index is -0.685. The van der Waals surface area contributed by atoms with Crippen molar-refractivity contribution < 1.29 is 9.59 Å². The second-order valence-electron chi connectivity index (χ2n) is 11.8. The summed E-state index contributed by atoms with van der Waals surface area (Å²) >= 11 is 0. The first-order valence-corrected chi connectivity index (χ1v) is 15.3. The average molecular weight is 561 g/mol. The standard InChI is InChI=1S/C31H44N8O2/c1-4-39-24(17-18-33-39)30(40)36-28(27(21-11-7-5-8-12-21)22-13-9-6-10-14-22)31(41)35-25-16-15-23(29(32)34-25)26-19(2)37-38-20(26)3/h15-18,21-22,27-28H,4-14H2,1-3H3,(H,36,40)(H,37,38)(H3,32,34,35,41)/t28-/m0/s1. The number of anilines is 2. The Bertz CT molecular complexity index is 1310. The molecule has 2 amide bonds. The van der Waals surface area contributed by atoms with Gasteiger partial charge in [-0.25, -0.2) is 4.98 Å². The minimum absolute atomic E-state index is 0.0606. The summed E-state index contributed by atoms with van der Waals surface area (Å²) in [5, 5.41) is 17.8. The van der Waals surface area contributed by atoms with Crippen LogP contribution in [0, 0.1) is 31.6 Å². The smallest absolute Gasteiger partial charge is 0.270 e. The summed E-state index contributed by atoms with van der Waals surface area (Å²) in [6.45, 7) is 6.39. The molecular formula is C31H44N8O2. The van der Waals surface area contributed by atoms with Crippen molar-refractivity contribution in [3.05, 3.63) is 41.5 Å². The van der Waals surface area contributed by atoms with Crippen LogP contribution in [0.1, 0.15) is 93.0 Å². The van der Waals surface area contributed by atoms with Crippen molar-refractivity contribution >= 4 is 23.5 Å². The second kappa shape index (κ2) is 12.9. The zero-order valence-electron chi connectivity index (χ0n) is 24.6. The first kappa shape index (κ1) is 28.8. The summed E-state index contributed by atoms with van der Waals surface area (Å²) in [6.07, 6.45) is 13.2. The highest BCUT2D eigenvalue weighted by Crippen LogP contribution is 2.42. The van der Waals surface area contributed by atoms with Gasteiger partial charge in [-0.2, -0.15) is 10.2 Å². The highest BCUT2D eigenvalue weighted by atomic mass is 16.2. The van der Waals surface area contributed by atoms with Crippen molar-refractivity contribution in [3.63, 3.8) is 0 Å². The van der Waals surface area contributed by atoms with Crippen molar-refractivity contribution in [1.82, 2.24) is 30.3 Å². The lowest BCUT2D eigenvalue weighted by molar-refractivity contribution is -0.121. The zero-order chi connectivity index (χ0) is 28.9. The lowest BCUT2D eigenvalue weighted by atomic mass is 9.66. The summed E-state index contributed by atoms with van der Waals surface area (Å²) in [4.78, 5) is 32.4. The largest absolute Gasteiger partial charge is 0.383 e. The fourth-order valence-electron chi connectivity index (χ4n) is 7.20. The van der Waals surface area contributed by atoms with Gasteiger partial charge in [0.1, 0.15) is 23.4 Å². The summed E-state index contributed by atoms with van der Waals surface area (Å²) in [5.74, 6) is 1.04. The van der Waals surface area contributed by atoms with E-state index in [1.165, 1.54) is 38.5 Å². The number of pyridine rings is 1. The molecule has 2 saturated carbocycles. The summed E-state index contributed by atoms with van der Waals surface area (Å²) in [5.41, 5.74) is 10.3. The van der Waals surface area contributed by atoms with Crippen LogP contribution < -0.4 is 16.4 Å². The number of hydrogen-bond acceptors (Lipinski definition) is 6. The molecular weight excluding hydrogens is 516 g/mol. The quantitative estimate of drug-likeness (QED) is 0.276. The third-order valence-corrected chi connectivity index (χ3v) is 9.16. The maximum absolute atomic E-state index is 14.2. The highest BCUT2D eigenvalue weighted by Gasteiger charge is 2.41. The summed E-state index contributed by atoms with van der Waals surface area (Å²) < 4.78 is 1.67. The zero-order valence-corrected chi connectivity index (χ0v) is 24.6. The predicted octanol–water partition coefficient (Wildman–Crippen LogP) is 5.40. The van der Waals surface area contributed by atoms with E-state index in [2.05, 4.69) is 30.9 Å². The third kappa shape index (κ3) is 6.31. The number of carbonyl (C=O) groups is 2. The molecule has 0 aromatic carbocycles. The number of aromatic nitrogens is 5. The topological polar surface area (TPSA) is 144 Å². The van der Waals surface area contributed by atoms with Crippen LogP contribution in [0.5, 0.6) is 0 Å². The number of nitrogens with one attached hydrogen (secondary N) is 3. The molecule has 41 heavy (non-hydrogen) atoms. The Kier molecular flexibility index (Phi) is 9.05. The van der Waals surface area contributed by atoms with Gasteiger partial charge in [0.05, 0.1) is 5.69 Å². The molecule has 3 heterocycles. The van der Waals surface area contributed by atoms with E-state index in [0.717, 1.165) is 48.2 Å². The molecule has 3 aromatic rings. The Morgan fingerprint density at radius 3 is 2.24 bits per heavy atom. The number of carbonyl (C=O) groups excluding carboxylic acids is 2. The molecule has 0 radical (unpaired) electrons. The van der Waals surface area contributed by atoms with Gasteiger partial charge < -0.3 is 16.4 Å². The molecule has 0 unspecified atom stereocenters. The Morgan fingerprint density at radius 1 is 1.02 bits per heavy atom. The van der Waals surface area contributed by atoms with E-state index in [1.807, 2.05) is 26.8 Å². The van der Waals surface area contributed by atoms with Gasteiger partial charge in [-0.1, -0.05) is 64.2 Å². The first-order valence-electron chi connectivity index (χ1n) is 15.3. The highest BCUT2D eigenvalue weighted by molar-refractivity contribution is 6.00. The van der Waals surface area contributed by atoms with E-state index < -0.39 is 6.04 Å². The van der Waals surface area contributed by atoms with Gasteiger partial charge >= 0.3 is 0 Å². The molecule has 2 fully saturated rings. The van der Waals surface area contributed by atoms with E-state index in [1.54, 1.807) is 23.0 Å². The number of aromatic amines is 1. The van der Waals surface area contributed by atoms with Crippen LogP contribution in [0.2, 0.25) is 0 Å². The van der Waals surface area contributed by atoms with Gasteiger partial charge in [0.15, 0.2) is 0 Å². The van der Waals surface area contributed by atoms with Crippen LogP contribution >= 0.6 is 0 Å². The van der Waals surface area contributed by atoms with Crippen LogP contribution in [-0.4, -0.2) is 42.8 Å². The molecule has 3 aromatic heterocycles. The van der Waals surface area contributed by atoms with Gasteiger partial charge in [0.2, 0.25) is 5.91 Å². The fraction of sp³-hybridized carbons (Fsp3) is 0.581. The van der Waals surface area contributed by atoms with Crippen LogP contribution in [0.15, 0.2) is 24.4 Å². The van der Waals surface area contributed by atoms with Crippen molar-refractivity contribution in [1.29, 1.82) is 0 Å². The lowest BCUT2D eigenvalue weighted by Crippen LogP contribution is -2.53. The Balaban J connectivity index is 1.46. The monoisotopic (exact) mass is 560 g/mol. The van der Waals surface area contributed by atoms with E-state index in [0.29, 0.717) is 35.7 Å². The number of nitrogen functional groups attached to an aromatic ring is 1. The van der Waals surface area contributed by atoms with E-state index in [9.17, 15) is 9.59 Å². The number of H-pyrrole nitrogens is 1. The molecule has 0 bridgehead atoms. The second-order valence-corrected chi connectivity index (χ2v) is 11.8. The van der Waals surface area contributed by atoms with Crippen LogP contribution in [-0.2, 0) is 11.3 Å². The minimum Gasteiger partial charge on any atom is -0.383 e. The van der Waals surface area contributed by atoms with Crippen molar-refractivity contribution in [2.75, 3.05) is 11.1 Å². The molecule has 5 rings (SSSR count). The lowest BCUT2D eigenvalue weighted by Gasteiger charge is -2.41. The molecule has 10 heteroatoms. The Labute approximate surface area is 242 Å². The SMILES string of the molecule is CCn1nccc1C(=O)N[C@H](C(=O)Nc1ccc(-c2c(C)n[nH]c2C)c(N)n1)C(C1CCCCC1)C1CCCCC1. The van der Waals surface area contributed by atoms with Crippen LogP contribution in [0.3, 0.4) is 0 Å². The molecule has 2 aliphatic carbocycles. The van der Waals surface area contributed by atoms with Crippen molar-refractivity contribution in [2.45, 2.75) is 97.6 Å². The van der Waals surface area contributed by atoms with Crippen LogP contribution in [0.4, 0.5) is 11.6 Å². The van der Waals surface area contributed by atoms with E-state index in [4.69, 9.17) is 5.73 Å². The fourth-order valence-corrected chi connectivity index (χ4v) is 7.20. The number of rotatable bonds is 9. The van der Waals surface area contributed by atoms with E-state index in [-0.39, 0.29) is 17.7 Å².